The van der Waals surface area contributed by atoms with E-state index in [0.29, 0.717) is 11.8 Å². The molecule has 1 aromatic rings. The summed E-state index contributed by atoms with van der Waals surface area (Å²) >= 11 is 0. The fourth-order valence-corrected chi connectivity index (χ4v) is 4.56. The topological polar surface area (TPSA) is 51.2 Å². The number of nitrogens with zero attached hydrogens (tertiary/aromatic N) is 4. The number of amides is 1. The first-order valence-electron chi connectivity index (χ1n) is 11.2. The van der Waals surface area contributed by atoms with Crippen molar-refractivity contribution in [3.05, 3.63) is 29.8 Å². The van der Waals surface area contributed by atoms with Crippen molar-refractivity contribution in [3.63, 3.8) is 0 Å². The highest BCUT2D eigenvalue weighted by atomic mass is 16.2. The number of benzene rings is 1. The lowest BCUT2D eigenvalue weighted by atomic mass is 9.98. The van der Waals surface area contributed by atoms with Crippen LogP contribution in [-0.2, 0) is 4.79 Å². The fraction of sp³-hybridized carbons (Fsp3) is 0.652. The summed E-state index contributed by atoms with van der Waals surface area (Å²) in [5.41, 5.74) is 2.63. The highest BCUT2D eigenvalue weighted by molar-refractivity contribution is 5.98. The van der Waals surface area contributed by atoms with Gasteiger partial charge in [0.05, 0.1) is 0 Å². The molecule has 1 saturated heterocycles. The summed E-state index contributed by atoms with van der Waals surface area (Å²) < 4.78 is 0. The largest absolute Gasteiger partial charge is 0.355 e. The second kappa shape index (κ2) is 10.6. The minimum absolute atomic E-state index is 0.318. The van der Waals surface area contributed by atoms with E-state index >= 15 is 0 Å². The Bertz CT molecular complexity index is 704. The average molecular weight is 400 g/mol. The van der Waals surface area contributed by atoms with E-state index in [1.54, 1.807) is 0 Å². The number of guanidine groups is 1. The number of carbonyl (C=O) groups is 1. The third kappa shape index (κ3) is 5.30. The summed E-state index contributed by atoms with van der Waals surface area (Å²) in [6.07, 6.45) is 3.92. The van der Waals surface area contributed by atoms with Crippen molar-refractivity contribution >= 4 is 17.6 Å². The van der Waals surface area contributed by atoms with E-state index in [4.69, 9.17) is 0 Å². The minimum Gasteiger partial charge on any atom is -0.355 e. The summed E-state index contributed by atoms with van der Waals surface area (Å²) in [5.74, 6) is 1.70. The lowest BCUT2D eigenvalue weighted by Crippen LogP contribution is -2.44. The third-order valence-corrected chi connectivity index (χ3v) is 6.15. The predicted octanol–water partition coefficient (Wildman–Crippen LogP) is 2.91. The zero-order valence-corrected chi connectivity index (χ0v) is 18.4. The maximum Gasteiger partial charge on any atom is 0.222 e. The zero-order valence-electron chi connectivity index (χ0n) is 18.4. The second-order valence-electron chi connectivity index (χ2n) is 8.05. The number of para-hydroxylation sites is 1. The Morgan fingerprint density at radius 2 is 2.10 bits per heavy atom. The lowest BCUT2D eigenvalue weighted by molar-refractivity contribution is -0.127. The Balaban J connectivity index is 1.61. The summed E-state index contributed by atoms with van der Waals surface area (Å²) in [6.45, 7) is 11.3. The van der Waals surface area contributed by atoms with E-state index in [-0.39, 0.29) is 0 Å². The van der Waals surface area contributed by atoms with Gasteiger partial charge in [-0.1, -0.05) is 32.0 Å². The Morgan fingerprint density at radius 3 is 2.79 bits per heavy atom. The first-order valence-corrected chi connectivity index (χ1v) is 11.2. The highest BCUT2D eigenvalue weighted by Gasteiger charge is 2.32. The number of hydrogen-bond donors (Lipinski definition) is 1. The Kier molecular flexibility index (Phi) is 7.92. The molecule has 0 bridgehead atoms. The SMILES string of the molecule is CCCN(CC)CCNC(=NC)N1CC(CCN2CCCC2=O)c2ccccc21. The summed E-state index contributed by atoms with van der Waals surface area (Å²) in [5, 5.41) is 3.57. The van der Waals surface area contributed by atoms with Crippen LogP contribution in [0.2, 0.25) is 0 Å². The number of carbonyl (C=O) groups excluding carboxylic acids is 1. The minimum atomic E-state index is 0.318. The molecule has 0 spiro atoms. The van der Waals surface area contributed by atoms with E-state index < -0.39 is 0 Å². The van der Waals surface area contributed by atoms with E-state index in [2.05, 4.69) is 58.2 Å². The molecule has 2 heterocycles. The van der Waals surface area contributed by atoms with Crippen LogP contribution >= 0.6 is 0 Å². The molecule has 6 nitrogen and oxygen atoms in total. The van der Waals surface area contributed by atoms with Crippen LogP contribution in [0, 0.1) is 0 Å². The standard InChI is InChI=1S/C23H37N5O/c1-4-14-26(5-2)17-13-25-23(24-3)28-18-19(20-9-6-7-10-21(20)28)12-16-27-15-8-11-22(27)29/h6-7,9-10,19H,4-5,8,11-18H2,1-3H3,(H,24,25). The van der Waals surface area contributed by atoms with Gasteiger partial charge in [-0.05, 0) is 44.0 Å². The molecular weight excluding hydrogens is 362 g/mol. The molecular formula is C23H37N5O. The molecule has 6 heteroatoms. The van der Waals surface area contributed by atoms with Gasteiger partial charge in [-0.15, -0.1) is 0 Å². The van der Waals surface area contributed by atoms with Gasteiger partial charge in [0.25, 0.3) is 0 Å². The van der Waals surface area contributed by atoms with E-state index in [0.717, 1.165) is 71.0 Å². The van der Waals surface area contributed by atoms with Gasteiger partial charge < -0.3 is 20.0 Å². The maximum atomic E-state index is 12.0. The first kappa shape index (κ1) is 21.6. The molecule has 29 heavy (non-hydrogen) atoms. The highest BCUT2D eigenvalue weighted by Crippen LogP contribution is 2.38. The van der Waals surface area contributed by atoms with E-state index in [1.807, 2.05) is 11.9 Å². The molecule has 160 valence electrons. The average Bonchev–Trinajstić information content (AvgIpc) is 3.32. The Hall–Kier alpha value is -2.08. The number of likely N-dealkylation sites (tertiary alicyclic amines) is 1. The number of likely N-dealkylation sites (N-methyl/N-ethyl adjacent to an activating group) is 1. The quantitative estimate of drug-likeness (QED) is 0.512. The van der Waals surface area contributed by atoms with Crippen molar-refractivity contribution in [2.75, 3.05) is 57.8 Å². The predicted molar refractivity (Wildman–Crippen MR) is 121 cm³/mol. The van der Waals surface area contributed by atoms with E-state index in [1.165, 1.54) is 17.7 Å². The smallest absolute Gasteiger partial charge is 0.222 e. The van der Waals surface area contributed by atoms with Crippen molar-refractivity contribution < 1.29 is 4.79 Å². The summed E-state index contributed by atoms with van der Waals surface area (Å²) in [7, 11) is 1.87. The number of hydrogen-bond acceptors (Lipinski definition) is 3. The summed E-state index contributed by atoms with van der Waals surface area (Å²) in [4.78, 5) is 23.4. The Morgan fingerprint density at radius 1 is 1.28 bits per heavy atom. The molecule has 0 aromatic heterocycles. The molecule has 1 aromatic carbocycles. The molecule has 1 amide bonds. The monoisotopic (exact) mass is 399 g/mol. The molecule has 0 radical (unpaired) electrons. The van der Waals surface area contributed by atoms with Crippen molar-refractivity contribution in [2.24, 2.45) is 4.99 Å². The zero-order chi connectivity index (χ0) is 20.6. The van der Waals surface area contributed by atoms with Gasteiger partial charge in [0.2, 0.25) is 5.91 Å². The maximum absolute atomic E-state index is 12.0. The molecule has 1 N–H and O–H groups in total. The van der Waals surface area contributed by atoms with Gasteiger partial charge in [0.1, 0.15) is 0 Å². The Labute approximate surface area is 176 Å². The van der Waals surface area contributed by atoms with Crippen molar-refractivity contribution in [3.8, 4) is 0 Å². The van der Waals surface area contributed by atoms with Gasteiger partial charge in [-0.2, -0.15) is 0 Å². The number of rotatable bonds is 9. The van der Waals surface area contributed by atoms with Crippen molar-refractivity contribution in [2.45, 2.75) is 45.4 Å². The molecule has 3 rings (SSSR count). The van der Waals surface area contributed by atoms with Crippen LogP contribution < -0.4 is 10.2 Å². The van der Waals surface area contributed by atoms with Crippen LogP contribution in [0.25, 0.3) is 0 Å². The van der Waals surface area contributed by atoms with Crippen LogP contribution in [0.1, 0.15) is 51.0 Å². The molecule has 2 aliphatic rings. The number of fused-ring (bicyclic) bond motifs is 1. The molecule has 1 fully saturated rings. The molecule has 1 atom stereocenters. The second-order valence-corrected chi connectivity index (χ2v) is 8.05. The van der Waals surface area contributed by atoms with Crippen molar-refractivity contribution in [1.29, 1.82) is 0 Å². The normalized spacial score (nSPS) is 19.4. The van der Waals surface area contributed by atoms with Crippen molar-refractivity contribution in [1.82, 2.24) is 15.1 Å². The van der Waals surface area contributed by atoms with Gasteiger partial charge >= 0.3 is 0 Å². The van der Waals surface area contributed by atoms with Gasteiger partial charge in [-0.25, -0.2) is 0 Å². The first-order chi connectivity index (χ1) is 14.2. The van der Waals surface area contributed by atoms with Gasteiger partial charge in [0, 0.05) is 57.8 Å². The molecule has 0 aliphatic carbocycles. The van der Waals surface area contributed by atoms with Crippen LogP contribution in [0.3, 0.4) is 0 Å². The number of anilines is 1. The van der Waals surface area contributed by atoms with Crippen LogP contribution in [0.4, 0.5) is 5.69 Å². The third-order valence-electron chi connectivity index (χ3n) is 6.15. The van der Waals surface area contributed by atoms with Crippen LogP contribution in [0.15, 0.2) is 29.3 Å². The summed E-state index contributed by atoms with van der Waals surface area (Å²) in [6, 6.07) is 8.65. The number of aliphatic imine (C=N–C) groups is 1. The van der Waals surface area contributed by atoms with Gasteiger partial charge in [0.15, 0.2) is 5.96 Å². The number of nitrogens with one attached hydrogen (secondary N) is 1. The fourth-order valence-electron chi connectivity index (χ4n) is 4.56. The van der Waals surface area contributed by atoms with Gasteiger partial charge in [-0.3, -0.25) is 9.79 Å². The lowest BCUT2D eigenvalue weighted by Gasteiger charge is -2.25. The molecule has 0 saturated carbocycles. The van der Waals surface area contributed by atoms with Crippen LogP contribution in [0.5, 0.6) is 0 Å². The molecule has 1 unspecified atom stereocenters. The van der Waals surface area contributed by atoms with Crippen LogP contribution in [-0.4, -0.2) is 74.5 Å². The molecule has 2 aliphatic heterocycles. The van der Waals surface area contributed by atoms with E-state index in [9.17, 15) is 4.79 Å².